The highest BCUT2D eigenvalue weighted by molar-refractivity contribution is 6.30. The molecular weight excluding hydrogens is 276 g/mol. The van der Waals surface area contributed by atoms with Gasteiger partial charge in [-0.1, -0.05) is 17.7 Å². The molecule has 0 spiro atoms. The quantitative estimate of drug-likeness (QED) is 0.933. The minimum absolute atomic E-state index is 0.578. The van der Waals surface area contributed by atoms with Crippen LogP contribution in [0.1, 0.15) is 22.8 Å². The molecule has 0 aliphatic heterocycles. The monoisotopic (exact) mass is 292 g/mol. The van der Waals surface area contributed by atoms with Gasteiger partial charge in [-0.05, 0) is 42.3 Å². The topological polar surface area (TPSA) is 38.7 Å². The van der Waals surface area contributed by atoms with Crippen LogP contribution in [0.25, 0.3) is 0 Å². The van der Waals surface area contributed by atoms with Crippen LogP contribution in [0.2, 0.25) is 5.02 Å². The average Bonchev–Trinajstić information content (AvgIpc) is 2.44. The summed E-state index contributed by atoms with van der Waals surface area (Å²) >= 11 is 6.04. The Balaban J connectivity index is 2.44. The van der Waals surface area contributed by atoms with Crippen molar-refractivity contribution in [3.63, 3.8) is 0 Å². The molecule has 0 aliphatic carbocycles. The van der Waals surface area contributed by atoms with Crippen molar-refractivity contribution < 1.29 is 14.6 Å². The third kappa shape index (κ3) is 3.06. The van der Waals surface area contributed by atoms with Crippen LogP contribution in [-0.2, 0) is 0 Å². The predicted octanol–water partition coefficient (Wildman–Crippen LogP) is 3.75. The fraction of sp³-hybridized carbons (Fsp3) is 0.250. The lowest BCUT2D eigenvalue weighted by atomic mass is 9.99. The Bertz CT molecular complexity index is 590. The smallest absolute Gasteiger partial charge is 0.128 e. The lowest BCUT2D eigenvalue weighted by Crippen LogP contribution is -2.03. The number of hydrogen-bond donors (Lipinski definition) is 1. The first-order valence-electron chi connectivity index (χ1n) is 6.22. The van der Waals surface area contributed by atoms with Crippen LogP contribution < -0.4 is 9.47 Å². The second-order valence-corrected chi connectivity index (χ2v) is 5.01. The normalized spacial score (nSPS) is 12.1. The van der Waals surface area contributed by atoms with E-state index in [1.54, 1.807) is 38.5 Å². The Morgan fingerprint density at radius 1 is 1.05 bits per heavy atom. The lowest BCUT2D eigenvalue weighted by Gasteiger charge is -2.17. The van der Waals surface area contributed by atoms with Crippen molar-refractivity contribution >= 4 is 11.6 Å². The molecule has 20 heavy (non-hydrogen) atoms. The van der Waals surface area contributed by atoms with E-state index in [0.29, 0.717) is 22.1 Å². The second kappa shape index (κ2) is 6.16. The van der Waals surface area contributed by atoms with Gasteiger partial charge in [0.1, 0.15) is 17.6 Å². The zero-order chi connectivity index (χ0) is 14.7. The van der Waals surface area contributed by atoms with Gasteiger partial charge in [-0.3, -0.25) is 0 Å². The van der Waals surface area contributed by atoms with Crippen LogP contribution >= 0.6 is 11.6 Å². The molecular formula is C16H17ClO3. The third-order valence-corrected chi connectivity index (χ3v) is 3.33. The molecule has 0 bridgehead atoms. The summed E-state index contributed by atoms with van der Waals surface area (Å²) < 4.78 is 10.5. The van der Waals surface area contributed by atoms with Crippen molar-refractivity contribution in [3.05, 3.63) is 58.1 Å². The van der Waals surface area contributed by atoms with Gasteiger partial charge in [0.2, 0.25) is 0 Å². The summed E-state index contributed by atoms with van der Waals surface area (Å²) in [4.78, 5) is 0. The Kier molecular flexibility index (Phi) is 4.53. The highest BCUT2D eigenvalue weighted by Crippen LogP contribution is 2.34. The minimum Gasteiger partial charge on any atom is -0.497 e. The van der Waals surface area contributed by atoms with E-state index in [0.717, 1.165) is 11.1 Å². The Labute approximate surface area is 123 Å². The molecule has 0 aromatic heterocycles. The van der Waals surface area contributed by atoms with E-state index in [1.165, 1.54) is 0 Å². The first-order valence-corrected chi connectivity index (χ1v) is 6.60. The van der Waals surface area contributed by atoms with Crippen LogP contribution in [0.5, 0.6) is 11.5 Å². The third-order valence-electron chi connectivity index (χ3n) is 3.12. The molecule has 4 heteroatoms. The van der Waals surface area contributed by atoms with E-state index >= 15 is 0 Å². The van der Waals surface area contributed by atoms with Crippen molar-refractivity contribution in [3.8, 4) is 11.5 Å². The Hall–Kier alpha value is -1.71. The maximum Gasteiger partial charge on any atom is 0.128 e. The minimum atomic E-state index is -0.798. The molecule has 0 saturated carbocycles. The number of aliphatic hydroxyl groups is 1. The maximum atomic E-state index is 10.5. The molecule has 0 radical (unpaired) electrons. The molecule has 1 N–H and O–H groups in total. The molecule has 0 fully saturated rings. The molecule has 2 rings (SSSR count). The molecule has 0 amide bonds. The van der Waals surface area contributed by atoms with Gasteiger partial charge in [-0.2, -0.15) is 0 Å². The number of aliphatic hydroxyl groups excluding tert-OH is 1. The molecule has 1 atom stereocenters. The number of methoxy groups -OCH3 is 2. The fourth-order valence-corrected chi connectivity index (χ4v) is 2.44. The van der Waals surface area contributed by atoms with Crippen molar-refractivity contribution in [1.82, 2.24) is 0 Å². The van der Waals surface area contributed by atoms with Gasteiger partial charge in [0.15, 0.2) is 0 Å². The number of benzene rings is 2. The molecule has 0 aliphatic rings. The molecule has 0 saturated heterocycles. The zero-order valence-corrected chi connectivity index (χ0v) is 12.4. The van der Waals surface area contributed by atoms with Gasteiger partial charge < -0.3 is 14.6 Å². The molecule has 106 valence electrons. The van der Waals surface area contributed by atoms with Crippen LogP contribution in [0.4, 0.5) is 0 Å². The predicted molar refractivity (Wildman–Crippen MR) is 79.8 cm³/mol. The Morgan fingerprint density at radius 3 is 2.40 bits per heavy atom. The van der Waals surface area contributed by atoms with Gasteiger partial charge in [0.25, 0.3) is 0 Å². The van der Waals surface area contributed by atoms with Gasteiger partial charge in [-0.25, -0.2) is 0 Å². The van der Waals surface area contributed by atoms with Crippen LogP contribution in [-0.4, -0.2) is 19.3 Å². The van der Waals surface area contributed by atoms with E-state index in [4.69, 9.17) is 21.1 Å². The number of hydrogen-bond acceptors (Lipinski definition) is 3. The van der Waals surface area contributed by atoms with Crippen LogP contribution in [0, 0.1) is 6.92 Å². The number of aryl methyl sites for hydroxylation is 1. The van der Waals surface area contributed by atoms with Gasteiger partial charge >= 0.3 is 0 Å². The second-order valence-electron chi connectivity index (χ2n) is 4.57. The van der Waals surface area contributed by atoms with Gasteiger partial charge in [0, 0.05) is 16.7 Å². The van der Waals surface area contributed by atoms with Crippen molar-refractivity contribution in [2.24, 2.45) is 0 Å². The van der Waals surface area contributed by atoms with E-state index in [-0.39, 0.29) is 0 Å². The maximum absolute atomic E-state index is 10.5. The molecule has 1 unspecified atom stereocenters. The average molecular weight is 293 g/mol. The molecule has 2 aromatic rings. The Morgan fingerprint density at radius 2 is 1.80 bits per heavy atom. The summed E-state index contributed by atoms with van der Waals surface area (Å²) in [6.45, 7) is 1.94. The number of halogens is 1. The SMILES string of the molecule is COc1ccc(C(O)c2cc(C)cc(Cl)c2)c(OC)c1. The largest absolute Gasteiger partial charge is 0.497 e. The van der Waals surface area contributed by atoms with Crippen molar-refractivity contribution in [2.75, 3.05) is 14.2 Å². The summed E-state index contributed by atoms with van der Waals surface area (Å²) in [7, 11) is 3.15. The summed E-state index contributed by atoms with van der Waals surface area (Å²) in [5.41, 5.74) is 2.41. The van der Waals surface area contributed by atoms with Crippen molar-refractivity contribution in [1.29, 1.82) is 0 Å². The summed E-state index contributed by atoms with van der Waals surface area (Å²) in [6.07, 6.45) is -0.798. The highest BCUT2D eigenvalue weighted by Gasteiger charge is 2.17. The molecule has 3 nitrogen and oxygen atoms in total. The number of rotatable bonds is 4. The van der Waals surface area contributed by atoms with E-state index in [2.05, 4.69) is 0 Å². The molecule has 2 aromatic carbocycles. The standard InChI is InChI=1S/C16H17ClO3/c1-10-6-11(8-12(17)7-10)16(18)14-5-4-13(19-2)9-15(14)20-3/h4-9,16,18H,1-3H3. The van der Waals surface area contributed by atoms with Crippen molar-refractivity contribution in [2.45, 2.75) is 13.0 Å². The summed E-state index contributed by atoms with van der Waals surface area (Å²) in [6, 6.07) is 10.8. The zero-order valence-electron chi connectivity index (χ0n) is 11.7. The highest BCUT2D eigenvalue weighted by atomic mass is 35.5. The summed E-state index contributed by atoms with van der Waals surface area (Å²) in [5.74, 6) is 1.26. The van der Waals surface area contributed by atoms with Crippen LogP contribution in [0.15, 0.2) is 36.4 Å². The lowest BCUT2D eigenvalue weighted by molar-refractivity contribution is 0.214. The fourth-order valence-electron chi connectivity index (χ4n) is 2.15. The van der Waals surface area contributed by atoms with E-state index < -0.39 is 6.10 Å². The van der Waals surface area contributed by atoms with E-state index in [1.807, 2.05) is 19.1 Å². The van der Waals surface area contributed by atoms with Gasteiger partial charge in [-0.15, -0.1) is 0 Å². The first kappa shape index (κ1) is 14.7. The van der Waals surface area contributed by atoms with Gasteiger partial charge in [0.05, 0.1) is 14.2 Å². The molecule has 0 heterocycles. The summed E-state index contributed by atoms with van der Waals surface area (Å²) in [5, 5.41) is 11.1. The van der Waals surface area contributed by atoms with Crippen LogP contribution in [0.3, 0.4) is 0 Å². The van der Waals surface area contributed by atoms with E-state index in [9.17, 15) is 5.11 Å². The number of ether oxygens (including phenoxy) is 2. The first-order chi connectivity index (χ1) is 9.55.